The zero-order valence-electron chi connectivity index (χ0n) is 13.3. The largest absolute Gasteiger partial charge is 0.503 e. The van der Waals surface area contributed by atoms with Crippen LogP contribution >= 0.6 is 0 Å². The van der Waals surface area contributed by atoms with Gasteiger partial charge in [0.15, 0.2) is 5.75 Å². The van der Waals surface area contributed by atoms with Gasteiger partial charge in [0.2, 0.25) is 11.4 Å². The third-order valence-corrected chi connectivity index (χ3v) is 3.63. The molecular weight excluding hydrogens is 310 g/mol. The van der Waals surface area contributed by atoms with Gasteiger partial charge in [-0.25, -0.2) is 9.78 Å². The number of H-pyrrole nitrogens is 1. The van der Waals surface area contributed by atoms with E-state index in [4.69, 9.17) is 0 Å². The molecule has 0 unspecified atom stereocenters. The molecule has 0 fully saturated rings. The van der Waals surface area contributed by atoms with Crippen molar-refractivity contribution in [2.75, 3.05) is 11.9 Å². The van der Waals surface area contributed by atoms with Crippen molar-refractivity contribution < 1.29 is 9.90 Å². The molecular formula is C16H17N5O3. The van der Waals surface area contributed by atoms with Gasteiger partial charge in [0.1, 0.15) is 0 Å². The number of imidazole rings is 1. The Morgan fingerprint density at radius 2 is 2.17 bits per heavy atom. The summed E-state index contributed by atoms with van der Waals surface area (Å²) in [5, 5.41) is 15.0. The number of carbonyl (C=O) groups excluding carboxylic acids is 1. The van der Waals surface area contributed by atoms with Crippen LogP contribution in [0.4, 0.5) is 10.7 Å². The van der Waals surface area contributed by atoms with Gasteiger partial charge >= 0.3 is 6.03 Å². The summed E-state index contributed by atoms with van der Waals surface area (Å²) in [5.74, 6) is 0.0609. The zero-order chi connectivity index (χ0) is 17.3. The van der Waals surface area contributed by atoms with Gasteiger partial charge in [-0.1, -0.05) is 0 Å². The lowest BCUT2D eigenvalue weighted by Crippen LogP contribution is -2.28. The maximum Gasteiger partial charge on any atom is 0.321 e. The van der Waals surface area contributed by atoms with Gasteiger partial charge < -0.3 is 20.0 Å². The van der Waals surface area contributed by atoms with E-state index in [9.17, 15) is 14.7 Å². The molecule has 24 heavy (non-hydrogen) atoms. The van der Waals surface area contributed by atoms with Crippen molar-refractivity contribution in [3.8, 4) is 11.4 Å². The molecule has 0 atom stereocenters. The smallest absolute Gasteiger partial charge is 0.321 e. The molecule has 0 aliphatic carbocycles. The Hall–Kier alpha value is -3.29. The minimum absolute atomic E-state index is 0.279. The highest BCUT2D eigenvalue weighted by atomic mass is 16.3. The molecule has 8 heteroatoms. The second-order valence-corrected chi connectivity index (χ2v) is 5.26. The number of benzene rings is 1. The summed E-state index contributed by atoms with van der Waals surface area (Å²) in [6.45, 7) is 4.01. The average molecular weight is 327 g/mol. The number of anilines is 1. The number of nitrogens with zero attached hydrogens (tertiary/aromatic N) is 2. The number of hydrogen-bond donors (Lipinski definition) is 4. The maximum absolute atomic E-state index is 11.5. The number of amides is 2. The van der Waals surface area contributed by atoms with Crippen molar-refractivity contribution in [2.45, 2.75) is 13.8 Å². The van der Waals surface area contributed by atoms with Crippen LogP contribution in [-0.4, -0.2) is 32.2 Å². The highest BCUT2D eigenvalue weighted by Crippen LogP contribution is 2.21. The molecule has 0 bridgehead atoms. The number of hydrogen-bond acceptors (Lipinski definition) is 4. The summed E-state index contributed by atoms with van der Waals surface area (Å²) in [6.07, 6.45) is 1.60. The summed E-state index contributed by atoms with van der Waals surface area (Å²) in [6, 6.07) is 6.41. The first-order valence-electron chi connectivity index (χ1n) is 7.46. The predicted octanol–water partition coefficient (Wildman–Crippen LogP) is 1.87. The number of rotatable bonds is 3. The van der Waals surface area contributed by atoms with E-state index < -0.39 is 5.43 Å². The number of aromatic amines is 1. The van der Waals surface area contributed by atoms with E-state index in [1.165, 1.54) is 6.07 Å². The molecule has 2 heterocycles. The van der Waals surface area contributed by atoms with Gasteiger partial charge in [0, 0.05) is 24.5 Å². The van der Waals surface area contributed by atoms with Crippen molar-refractivity contribution in [3.05, 3.63) is 46.4 Å². The predicted molar refractivity (Wildman–Crippen MR) is 90.8 cm³/mol. The van der Waals surface area contributed by atoms with Gasteiger partial charge in [0.25, 0.3) is 0 Å². The second kappa shape index (κ2) is 6.07. The van der Waals surface area contributed by atoms with Crippen LogP contribution in [0.15, 0.2) is 35.3 Å². The molecule has 4 N–H and O–H groups in total. The number of carbonyl (C=O) groups is 1. The van der Waals surface area contributed by atoms with E-state index >= 15 is 0 Å². The van der Waals surface area contributed by atoms with Gasteiger partial charge in [-0.3, -0.25) is 10.1 Å². The fourth-order valence-electron chi connectivity index (χ4n) is 2.42. The molecule has 2 amide bonds. The molecule has 0 radical (unpaired) electrons. The van der Waals surface area contributed by atoms with Gasteiger partial charge in [-0.15, -0.1) is 0 Å². The van der Waals surface area contributed by atoms with Crippen LogP contribution in [0.3, 0.4) is 0 Å². The van der Waals surface area contributed by atoms with Crippen LogP contribution in [0.5, 0.6) is 5.75 Å². The molecule has 124 valence electrons. The van der Waals surface area contributed by atoms with E-state index in [1.807, 2.05) is 19.1 Å². The highest BCUT2D eigenvalue weighted by Gasteiger charge is 2.10. The third-order valence-electron chi connectivity index (χ3n) is 3.63. The summed E-state index contributed by atoms with van der Waals surface area (Å²) >= 11 is 0. The Kier molecular flexibility index (Phi) is 3.95. The number of nitrogens with one attached hydrogen (secondary N) is 3. The lowest BCUT2D eigenvalue weighted by Gasteiger charge is -2.11. The van der Waals surface area contributed by atoms with E-state index in [-0.39, 0.29) is 11.8 Å². The van der Waals surface area contributed by atoms with Crippen molar-refractivity contribution >= 4 is 23.0 Å². The standard InChI is InChI=1S/C16H17N5O3/c1-3-17-16(24)20-15-18-11-5-4-10(8-12(11)19-15)21-7-6-13(22)14(23)9(21)2/h4-8,23H,3H2,1-2H3,(H3,17,18,19,20,24). The number of fused-ring (bicyclic) bond motifs is 1. The average Bonchev–Trinajstić information content (AvgIpc) is 2.94. The number of pyridine rings is 1. The highest BCUT2D eigenvalue weighted by molar-refractivity contribution is 5.90. The molecule has 3 aromatic rings. The van der Waals surface area contributed by atoms with Gasteiger partial charge in [-0.2, -0.15) is 0 Å². The second-order valence-electron chi connectivity index (χ2n) is 5.26. The molecule has 0 aliphatic heterocycles. The molecule has 0 spiro atoms. The van der Waals surface area contributed by atoms with E-state index in [0.717, 1.165) is 11.2 Å². The van der Waals surface area contributed by atoms with Crippen molar-refractivity contribution in [2.24, 2.45) is 0 Å². The Morgan fingerprint density at radius 1 is 1.38 bits per heavy atom. The lowest BCUT2D eigenvalue weighted by atomic mass is 10.2. The number of aromatic nitrogens is 3. The number of aromatic hydroxyl groups is 1. The Bertz CT molecular complexity index is 973. The fraction of sp³-hybridized carbons (Fsp3) is 0.188. The topological polar surface area (TPSA) is 112 Å². The van der Waals surface area contributed by atoms with Gasteiger partial charge in [-0.05, 0) is 32.0 Å². The first kappa shape index (κ1) is 15.6. The summed E-state index contributed by atoms with van der Waals surface area (Å²) in [7, 11) is 0. The van der Waals surface area contributed by atoms with Crippen LogP contribution in [0, 0.1) is 6.92 Å². The van der Waals surface area contributed by atoms with Crippen molar-refractivity contribution in [3.63, 3.8) is 0 Å². The van der Waals surface area contributed by atoms with Crippen molar-refractivity contribution in [1.82, 2.24) is 19.9 Å². The summed E-state index contributed by atoms with van der Waals surface area (Å²) in [5.41, 5.74) is 2.17. The van der Waals surface area contributed by atoms with Crippen LogP contribution in [-0.2, 0) is 0 Å². The molecule has 8 nitrogen and oxygen atoms in total. The Morgan fingerprint density at radius 3 is 2.92 bits per heavy atom. The van der Waals surface area contributed by atoms with Crippen molar-refractivity contribution in [1.29, 1.82) is 0 Å². The third kappa shape index (κ3) is 2.81. The van der Waals surface area contributed by atoms with E-state index in [0.29, 0.717) is 23.7 Å². The maximum atomic E-state index is 11.5. The fourth-order valence-corrected chi connectivity index (χ4v) is 2.42. The Labute approximate surface area is 137 Å². The van der Waals surface area contributed by atoms with Crippen LogP contribution < -0.4 is 16.1 Å². The first-order chi connectivity index (χ1) is 11.5. The SMILES string of the molecule is CCNC(=O)Nc1nc2cc(-n3ccc(=O)c(O)c3C)ccc2[nH]1. The minimum Gasteiger partial charge on any atom is -0.503 e. The molecule has 0 saturated heterocycles. The molecule has 2 aromatic heterocycles. The minimum atomic E-state index is -0.418. The van der Waals surface area contributed by atoms with Crippen LogP contribution in [0.1, 0.15) is 12.6 Å². The molecule has 0 saturated carbocycles. The van der Waals surface area contributed by atoms with Crippen LogP contribution in [0.25, 0.3) is 16.7 Å². The monoisotopic (exact) mass is 327 g/mol. The van der Waals surface area contributed by atoms with E-state index in [2.05, 4.69) is 20.6 Å². The first-order valence-corrected chi connectivity index (χ1v) is 7.46. The zero-order valence-corrected chi connectivity index (χ0v) is 13.3. The summed E-state index contributed by atoms with van der Waals surface area (Å²) in [4.78, 5) is 30.3. The normalized spacial score (nSPS) is 10.8. The Balaban J connectivity index is 1.99. The van der Waals surface area contributed by atoms with Crippen LogP contribution in [0.2, 0.25) is 0 Å². The molecule has 1 aromatic carbocycles. The molecule has 3 rings (SSSR count). The molecule has 0 aliphatic rings. The van der Waals surface area contributed by atoms with Gasteiger partial charge in [0.05, 0.1) is 16.7 Å². The lowest BCUT2D eigenvalue weighted by molar-refractivity contribution is 0.252. The number of urea groups is 1. The van der Waals surface area contributed by atoms with E-state index in [1.54, 1.807) is 23.8 Å². The summed E-state index contributed by atoms with van der Waals surface area (Å²) < 4.78 is 1.70. The quantitative estimate of drug-likeness (QED) is 0.588.